The quantitative estimate of drug-likeness (QED) is 0.380. The Labute approximate surface area is 89.5 Å². The lowest BCUT2D eigenvalue weighted by Crippen LogP contribution is -2.19. The fourth-order valence-electron chi connectivity index (χ4n) is 0.916. The Balaban J connectivity index is 4.61. The summed E-state index contributed by atoms with van der Waals surface area (Å²) in [5.41, 5.74) is 1.13. The molecule has 0 atom stereocenters. The topological polar surface area (TPSA) is 56.1 Å². The molecule has 0 radical (unpaired) electrons. The molecule has 84 valence electrons. The highest BCUT2D eigenvalue weighted by Crippen LogP contribution is 2.12. The molecule has 0 saturated heterocycles. The highest BCUT2D eigenvalue weighted by Gasteiger charge is 2.05. The Morgan fingerprint density at radius 1 is 1.47 bits per heavy atom. The van der Waals surface area contributed by atoms with Gasteiger partial charge in [-0.1, -0.05) is 12.2 Å². The molecule has 0 saturated carbocycles. The van der Waals surface area contributed by atoms with Gasteiger partial charge in [-0.2, -0.15) is 0 Å². The Morgan fingerprint density at radius 2 is 2.00 bits per heavy atom. The smallest absolute Gasteiger partial charge is 0.147 e. The molecule has 0 aromatic rings. The molecule has 0 aliphatic carbocycles. The number of aliphatic hydroxyl groups is 1. The van der Waals surface area contributed by atoms with Gasteiger partial charge in [0.15, 0.2) is 0 Å². The van der Waals surface area contributed by atoms with E-state index in [-0.39, 0.29) is 17.1 Å². The molecule has 0 rings (SSSR count). The number of aliphatic hydroxyl groups excluding tert-OH is 1. The monoisotopic (exact) mass is 212 g/mol. The zero-order valence-corrected chi connectivity index (χ0v) is 9.32. The van der Waals surface area contributed by atoms with Gasteiger partial charge in [0.05, 0.1) is 6.61 Å². The third-order valence-corrected chi connectivity index (χ3v) is 1.59. The lowest BCUT2D eigenvalue weighted by Gasteiger charge is -2.08. The second-order valence-electron chi connectivity index (χ2n) is 3.46. The summed E-state index contributed by atoms with van der Waals surface area (Å²) < 4.78 is 13.3. The van der Waals surface area contributed by atoms with E-state index in [0.29, 0.717) is 0 Å². The van der Waals surface area contributed by atoms with Gasteiger partial charge in [-0.05, 0) is 26.8 Å². The second-order valence-corrected chi connectivity index (χ2v) is 3.46. The zero-order chi connectivity index (χ0) is 12.0. The Kier molecular flexibility index (Phi) is 5.56. The molecule has 0 unspecified atom stereocenters. The molecule has 0 aromatic carbocycles. The minimum absolute atomic E-state index is 0.00463. The van der Waals surface area contributed by atoms with Gasteiger partial charge in [-0.15, -0.1) is 0 Å². The third-order valence-electron chi connectivity index (χ3n) is 1.59. The first-order chi connectivity index (χ1) is 6.88. The van der Waals surface area contributed by atoms with Crippen molar-refractivity contribution in [1.29, 1.82) is 5.41 Å². The molecule has 15 heavy (non-hydrogen) atoms. The predicted molar refractivity (Wildman–Crippen MR) is 60.3 cm³/mol. The summed E-state index contributed by atoms with van der Waals surface area (Å²) in [6, 6.07) is 0. The van der Waals surface area contributed by atoms with Crippen molar-refractivity contribution < 1.29 is 9.50 Å². The molecule has 0 aliphatic heterocycles. The average Bonchev–Trinajstić information content (AvgIpc) is 2.13. The van der Waals surface area contributed by atoms with E-state index < -0.39 is 12.4 Å². The van der Waals surface area contributed by atoms with Crippen LogP contribution in [0.1, 0.15) is 20.8 Å². The van der Waals surface area contributed by atoms with Crippen molar-refractivity contribution >= 4 is 5.84 Å². The van der Waals surface area contributed by atoms with Crippen LogP contribution in [0.2, 0.25) is 0 Å². The minimum atomic E-state index is -0.607. The van der Waals surface area contributed by atoms with E-state index in [1.54, 1.807) is 6.08 Å². The van der Waals surface area contributed by atoms with Gasteiger partial charge in [0, 0.05) is 11.3 Å². The van der Waals surface area contributed by atoms with Crippen LogP contribution in [0.4, 0.5) is 4.39 Å². The maximum atomic E-state index is 13.3. The molecule has 3 N–H and O–H groups in total. The maximum Gasteiger partial charge on any atom is 0.147 e. The normalized spacial score (nSPS) is 11.5. The van der Waals surface area contributed by atoms with Crippen LogP contribution in [-0.2, 0) is 0 Å². The van der Waals surface area contributed by atoms with Gasteiger partial charge in [0.1, 0.15) is 11.7 Å². The molecule has 0 amide bonds. The SMILES string of the molecule is C=C(CO)/C(F)=C(\C)NC(=N)C=C(C)C. The van der Waals surface area contributed by atoms with Crippen molar-refractivity contribution in [3.8, 4) is 0 Å². The molecule has 0 fully saturated rings. The summed E-state index contributed by atoms with van der Waals surface area (Å²) in [7, 11) is 0. The number of nitrogens with one attached hydrogen (secondary N) is 2. The van der Waals surface area contributed by atoms with E-state index in [4.69, 9.17) is 10.5 Å². The lowest BCUT2D eigenvalue weighted by molar-refractivity contribution is 0.328. The molecule has 0 spiro atoms. The highest BCUT2D eigenvalue weighted by atomic mass is 19.1. The van der Waals surface area contributed by atoms with Crippen LogP contribution in [0.5, 0.6) is 0 Å². The van der Waals surface area contributed by atoms with Crippen molar-refractivity contribution in [2.75, 3.05) is 6.61 Å². The first kappa shape index (κ1) is 13.6. The van der Waals surface area contributed by atoms with Gasteiger partial charge in [0.25, 0.3) is 0 Å². The van der Waals surface area contributed by atoms with Crippen molar-refractivity contribution in [3.05, 3.63) is 35.3 Å². The number of hydrogen-bond donors (Lipinski definition) is 3. The number of allylic oxidation sites excluding steroid dienone is 2. The minimum Gasteiger partial charge on any atom is -0.392 e. The second kappa shape index (κ2) is 6.14. The van der Waals surface area contributed by atoms with E-state index in [1.165, 1.54) is 6.92 Å². The zero-order valence-electron chi connectivity index (χ0n) is 9.32. The van der Waals surface area contributed by atoms with Crippen LogP contribution < -0.4 is 5.32 Å². The molecule has 3 nitrogen and oxygen atoms in total. The summed E-state index contributed by atoms with van der Waals surface area (Å²) in [6.07, 6.45) is 1.58. The van der Waals surface area contributed by atoms with E-state index in [1.807, 2.05) is 13.8 Å². The molecule has 4 heteroatoms. The lowest BCUT2D eigenvalue weighted by atomic mass is 10.2. The number of halogens is 1. The number of hydrogen-bond acceptors (Lipinski definition) is 2. The Morgan fingerprint density at radius 3 is 2.40 bits per heavy atom. The predicted octanol–water partition coefficient (Wildman–Crippen LogP) is 2.27. The summed E-state index contributed by atoms with van der Waals surface area (Å²) in [5.74, 6) is -0.502. The van der Waals surface area contributed by atoms with Gasteiger partial charge in [-0.25, -0.2) is 4.39 Å². The molecule has 0 aromatic heterocycles. The van der Waals surface area contributed by atoms with Crippen LogP contribution in [-0.4, -0.2) is 17.5 Å². The Hall–Kier alpha value is -1.42. The van der Waals surface area contributed by atoms with Gasteiger partial charge < -0.3 is 10.4 Å². The Bertz CT molecular complexity index is 325. The van der Waals surface area contributed by atoms with Crippen molar-refractivity contribution in [3.63, 3.8) is 0 Å². The fourth-order valence-corrected chi connectivity index (χ4v) is 0.916. The van der Waals surface area contributed by atoms with Crippen LogP contribution in [0.25, 0.3) is 0 Å². The summed E-state index contributed by atoms with van der Waals surface area (Å²) >= 11 is 0. The first-order valence-corrected chi connectivity index (χ1v) is 4.54. The molecular formula is C11H17FN2O. The maximum absolute atomic E-state index is 13.3. The summed E-state index contributed by atoms with van der Waals surface area (Å²) in [4.78, 5) is 0. The summed E-state index contributed by atoms with van der Waals surface area (Å²) in [5, 5.41) is 18.7. The molecular weight excluding hydrogens is 195 g/mol. The van der Waals surface area contributed by atoms with E-state index >= 15 is 0 Å². The van der Waals surface area contributed by atoms with E-state index in [0.717, 1.165) is 5.57 Å². The number of rotatable bonds is 4. The van der Waals surface area contributed by atoms with Crippen molar-refractivity contribution in [2.24, 2.45) is 0 Å². The van der Waals surface area contributed by atoms with Gasteiger partial charge in [0.2, 0.25) is 0 Å². The standard InChI is InChI=1S/C11H17FN2O/c1-7(2)5-10(13)14-9(4)11(12)8(3)6-15/h5,15H,3,6H2,1-2,4H3,(H2,13,14)/b11-9-. The highest BCUT2D eigenvalue weighted by molar-refractivity contribution is 5.91. The van der Waals surface area contributed by atoms with Crippen molar-refractivity contribution in [1.82, 2.24) is 5.32 Å². The third kappa shape index (κ3) is 5.12. The van der Waals surface area contributed by atoms with Gasteiger partial charge in [-0.3, -0.25) is 5.41 Å². The largest absolute Gasteiger partial charge is 0.392 e. The molecule has 0 bridgehead atoms. The van der Waals surface area contributed by atoms with Crippen LogP contribution in [0.15, 0.2) is 35.3 Å². The summed E-state index contributed by atoms with van der Waals surface area (Å²) in [6.45, 7) is 8.10. The van der Waals surface area contributed by atoms with Gasteiger partial charge >= 0.3 is 0 Å². The number of amidine groups is 1. The van der Waals surface area contributed by atoms with E-state index in [9.17, 15) is 4.39 Å². The first-order valence-electron chi connectivity index (χ1n) is 4.54. The van der Waals surface area contributed by atoms with E-state index in [2.05, 4.69) is 11.9 Å². The van der Waals surface area contributed by atoms with Crippen LogP contribution in [0.3, 0.4) is 0 Å². The fraction of sp³-hybridized carbons (Fsp3) is 0.364. The van der Waals surface area contributed by atoms with Crippen LogP contribution >= 0.6 is 0 Å². The molecule has 0 aliphatic rings. The van der Waals surface area contributed by atoms with Crippen LogP contribution in [0, 0.1) is 5.41 Å². The molecule has 0 heterocycles. The van der Waals surface area contributed by atoms with Crippen molar-refractivity contribution in [2.45, 2.75) is 20.8 Å². The average molecular weight is 212 g/mol.